The molecule has 0 aliphatic heterocycles. The molecule has 9 heteroatoms. The van der Waals surface area contributed by atoms with E-state index in [-0.39, 0.29) is 35.3 Å². The van der Waals surface area contributed by atoms with Gasteiger partial charge < -0.3 is 19.5 Å². The zero-order valence-corrected chi connectivity index (χ0v) is 15.0. The molecule has 2 aromatic carbocycles. The van der Waals surface area contributed by atoms with Crippen molar-refractivity contribution < 1.29 is 28.7 Å². The number of benzene rings is 2. The van der Waals surface area contributed by atoms with Gasteiger partial charge in [0, 0.05) is 18.7 Å². The van der Waals surface area contributed by atoms with E-state index in [0.717, 1.165) is 6.07 Å². The van der Waals surface area contributed by atoms with Crippen LogP contribution in [0.2, 0.25) is 0 Å². The largest absolute Gasteiger partial charge is 0.493 e. The maximum atomic E-state index is 12.4. The summed E-state index contributed by atoms with van der Waals surface area (Å²) in [5.74, 6) is -0.665. The lowest BCUT2D eigenvalue weighted by Crippen LogP contribution is -2.12. The van der Waals surface area contributed by atoms with Gasteiger partial charge in [0.2, 0.25) is 5.91 Å². The van der Waals surface area contributed by atoms with Crippen LogP contribution >= 0.6 is 0 Å². The van der Waals surface area contributed by atoms with Crippen LogP contribution in [0.25, 0.3) is 0 Å². The van der Waals surface area contributed by atoms with Crippen molar-refractivity contribution in [2.24, 2.45) is 0 Å². The minimum atomic E-state index is -0.921. The number of ether oxygens (including phenoxy) is 3. The van der Waals surface area contributed by atoms with Crippen LogP contribution in [0.3, 0.4) is 0 Å². The second-order valence-corrected chi connectivity index (χ2v) is 5.31. The van der Waals surface area contributed by atoms with Crippen LogP contribution in [0.1, 0.15) is 24.2 Å². The predicted molar refractivity (Wildman–Crippen MR) is 96.5 cm³/mol. The van der Waals surface area contributed by atoms with E-state index in [4.69, 9.17) is 14.2 Å². The molecule has 0 heterocycles. The number of hydrogen-bond donors (Lipinski definition) is 1. The predicted octanol–water partition coefficient (Wildman–Crippen LogP) is 3.18. The number of rotatable bonds is 7. The summed E-state index contributed by atoms with van der Waals surface area (Å²) < 4.78 is 15.6. The summed E-state index contributed by atoms with van der Waals surface area (Å²) in [5.41, 5.74) is -0.207. The Hall–Kier alpha value is -3.62. The molecule has 0 fully saturated rings. The summed E-state index contributed by atoms with van der Waals surface area (Å²) in [6, 6.07) is 8.33. The Labute approximate surface area is 155 Å². The Morgan fingerprint density at radius 2 is 1.81 bits per heavy atom. The van der Waals surface area contributed by atoms with Crippen molar-refractivity contribution >= 4 is 23.3 Å². The number of carbonyl (C=O) groups excluding carboxylic acids is 2. The maximum absolute atomic E-state index is 12.4. The number of nitro benzene ring substituents is 1. The van der Waals surface area contributed by atoms with E-state index >= 15 is 0 Å². The lowest BCUT2D eigenvalue weighted by Gasteiger charge is -2.11. The normalized spacial score (nSPS) is 10.0. The van der Waals surface area contributed by atoms with Gasteiger partial charge in [0.1, 0.15) is 11.3 Å². The first-order valence-electron chi connectivity index (χ1n) is 7.94. The van der Waals surface area contributed by atoms with Gasteiger partial charge >= 0.3 is 5.97 Å². The van der Waals surface area contributed by atoms with Crippen LogP contribution < -0.4 is 19.5 Å². The number of nitro groups is 1. The van der Waals surface area contributed by atoms with E-state index in [9.17, 15) is 19.7 Å². The molecule has 1 amide bonds. The number of anilines is 1. The van der Waals surface area contributed by atoms with Gasteiger partial charge in [-0.3, -0.25) is 14.9 Å². The van der Waals surface area contributed by atoms with Gasteiger partial charge in [-0.1, -0.05) is 0 Å². The highest BCUT2D eigenvalue weighted by Gasteiger charge is 2.26. The fourth-order valence-electron chi connectivity index (χ4n) is 2.26. The van der Waals surface area contributed by atoms with Crippen molar-refractivity contribution in [3.63, 3.8) is 0 Å². The highest BCUT2D eigenvalue weighted by atomic mass is 16.6. The molecule has 0 saturated heterocycles. The van der Waals surface area contributed by atoms with E-state index in [1.807, 2.05) is 0 Å². The quantitative estimate of drug-likeness (QED) is 0.342. The highest BCUT2D eigenvalue weighted by molar-refractivity contribution is 5.96. The first-order chi connectivity index (χ1) is 12.8. The number of amides is 1. The molecule has 2 aromatic rings. The zero-order valence-electron chi connectivity index (χ0n) is 15.0. The van der Waals surface area contributed by atoms with Gasteiger partial charge in [0.05, 0.1) is 24.7 Å². The SMILES string of the molecule is CCOc1cc([N+](=O)[O-])c(C(=O)Oc2ccc(NC(C)=O)cc2)cc1OC. The second-order valence-electron chi connectivity index (χ2n) is 5.31. The van der Waals surface area contributed by atoms with E-state index in [2.05, 4.69) is 5.32 Å². The lowest BCUT2D eigenvalue weighted by atomic mass is 10.1. The fourth-order valence-corrected chi connectivity index (χ4v) is 2.26. The minimum absolute atomic E-state index is 0.155. The molecule has 0 bridgehead atoms. The van der Waals surface area contributed by atoms with Gasteiger partial charge in [0.25, 0.3) is 5.69 Å². The molecule has 0 radical (unpaired) electrons. The van der Waals surface area contributed by atoms with E-state index in [1.165, 1.54) is 44.4 Å². The van der Waals surface area contributed by atoms with Gasteiger partial charge in [0.15, 0.2) is 11.5 Å². The van der Waals surface area contributed by atoms with Crippen molar-refractivity contribution in [3.8, 4) is 17.2 Å². The molecular formula is C18H18N2O7. The fraction of sp³-hybridized carbons (Fsp3) is 0.222. The smallest absolute Gasteiger partial charge is 0.350 e. The standard InChI is InChI=1S/C18H18N2O7/c1-4-26-17-10-15(20(23)24)14(9-16(17)25-3)18(22)27-13-7-5-12(6-8-13)19-11(2)21/h5-10H,4H2,1-3H3,(H,19,21). The summed E-state index contributed by atoms with van der Waals surface area (Å²) in [6.45, 7) is 3.36. The molecule has 0 aliphatic rings. The Bertz CT molecular complexity index is 863. The zero-order chi connectivity index (χ0) is 20.0. The number of nitrogens with one attached hydrogen (secondary N) is 1. The molecule has 0 spiro atoms. The van der Waals surface area contributed by atoms with Gasteiger partial charge in [-0.25, -0.2) is 4.79 Å². The third-order valence-corrected chi connectivity index (χ3v) is 3.38. The molecule has 27 heavy (non-hydrogen) atoms. The first kappa shape index (κ1) is 19.7. The van der Waals surface area contributed by atoms with Crippen molar-refractivity contribution in [3.05, 3.63) is 52.1 Å². The number of methoxy groups -OCH3 is 1. The number of esters is 1. The topological polar surface area (TPSA) is 117 Å². The molecular weight excluding hydrogens is 356 g/mol. The third-order valence-electron chi connectivity index (χ3n) is 3.38. The van der Waals surface area contributed by atoms with Crippen molar-refractivity contribution in [1.29, 1.82) is 0 Å². The van der Waals surface area contributed by atoms with Crippen LogP contribution in [-0.2, 0) is 4.79 Å². The first-order valence-corrected chi connectivity index (χ1v) is 7.94. The van der Waals surface area contributed by atoms with Crippen LogP contribution in [-0.4, -0.2) is 30.5 Å². The number of nitrogens with zero attached hydrogens (tertiary/aromatic N) is 1. The summed E-state index contributed by atoms with van der Waals surface area (Å²) >= 11 is 0. The van der Waals surface area contributed by atoms with E-state index in [1.54, 1.807) is 6.92 Å². The molecule has 0 aromatic heterocycles. The van der Waals surface area contributed by atoms with Gasteiger partial charge in [-0.15, -0.1) is 0 Å². The monoisotopic (exact) mass is 374 g/mol. The average molecular weight is 374 g/mol. The third kappa shape index (κ3) is 4.94. The van der Waals surface area contributed by atoms with Crippen molar-refractivity contribution in [2.45, 2.75) is 13.8 Å². The summed E-state index contributed by atoms with van der Waals surface area (Å²) in [7, 11) is 1.36. The summed E-state index contributed by atoms with van der Waals surface area (Å²) in [5, 5.41) is 13.9. The van der Waals surface area contributed by atoms with E-state index in [0.29, 0.717) is 5.69 Å². The Morgan fingerprint density at radius 1 is 1.15 bits per heavy atom. The molecule has 0 aliphatic carbocycles. The van der Waals surface area contributed by atoms with Crippen molar-refractivity contribution in [1.82, 2.24) is 0 Å². The van der Waals surface area contributed by atoms with Crippen LogP contribution in [0.15, 0.2) is 36.4 Å². The summed E-state index contributed by atoms with van der Waals surface area (Å²) in [4.78, 5) is 34.1. The van der Waals surface area contributed by atoms with Crippen LogP contribution in [0.4, 0.5) is 11.4 Å². The summed E-state index contributed by atoms with van der Waals surface area (Å²) in [6.07, 6.45) is 0. The van der Waals surface area contributed by atoms with Gasteiger partial charge in [-0.05, 0) is 31.2 Å². The highest BCUT2D eigenvalue weighted by Crippen LogP contribution is 2.35. The lowest BCUT2D eigenvalue weighted by molar-refractivity contribution is -0.385. The molecule has 0 atom stereocenters. The van der Waals surface area contributed by atoms with Gasteiger partial charge in [-0.2, -0.15) is 0 Å². The molecule has 142 valence electrons. The molecule has 1 N–H and O–H groups in total. The number of hydrogen-bond acceptors (Lipinski definition) is 7. The maximum Gasteiger partial charge on any atom is 0.350 e. The molecule has 9 nitrogen and oxygen atoms in total. The Kier molecular flexibility index (Phi) is 6.32. The minimum Gasteiger partial charge on any atom is -0.493 e. The Balaban J connectivity index is 2.31. The van der Waals surface area contributed by atoms with E-state index < -0.39 is 16.6 Å². The number of carbonyl (C=O) groups is 2. The molecule has 0 unspecified atom stereocenters. The molecule has 0 saturated carbocycles. The second kappa shape index (κ2) is 8.65. The van der Waals surface area contributed by atoms with Crippen molar-refractivity contribution in [2.75, 3.05) is 19.0 Å². The molecule has 2 rings (SSSR count). The van der Waals surface area contributed by atoms with Crippen LogP contribution in [0.5, 0.6) is 17.2 Å². The van der Waals surface area contributed by atoms with Crippen LogP contribution in [0, 0.1) is 10.1 Å². The Morgan fingerprint density at radius 3 is 2.33 bits per heavy atom. The average Bonchev–Trinajstić information content (AvgIpc) is 2.62.